The van der Waals surface area contributed by atoms with E-state index in [9.17, 15) is 19.5 Å². The minimum atomic E-state index is -0.949. The van der Waals surface area contributed by atoms with E-state index in [2.05, 4.69) is 20.8 Å². The highest BCUT2D eigenvalue weighted by atomic mass is 16.5. The Morgan fingerprint density at radius 3 is 2.22 bits per heavy atom. The Labute approximate surface area is 215 Å². The van der Waals surface area contributed by atoms with Crippen molar-refractivity contribution >= 4 is 17.9 Å². The van der Waals surface area contributed by atoms with Crippen molar-refractivity contribution in [3.63, 3.8) is 0 Å². The molecule has 4 aliphatic carbocycles. The highest BCUT2D eigenvalue weighted by Crippen LogP contribution is 2.68. The fourth-order valence-electron chi connectivity index (χ4n) is 9.50. The van der Waals surface area contributed by atoms with Crippen LogP contribution in [0.15, 0.2) is 0 Å². The Hall–Kier alpha value is -1.63. The smallest absolute Gasteiger partial charge is 0.323 e. The first kappa shape index (κ1) is 27.4. The Kier molecular flexibility index (Phi) is 8.09. The lowest BCUT2D eigenvalue weighted by Gasteiger charge is -2.61. The number of nitrogens with two attached hydrogens (primary N) is 1. The van der Waals surface area contributed by atoms with Crippen LogP contribution in [0.2, 0.25) is 0 Å². The average molecular weight is 506 g/mol. The molecule has 0 amide bonds. The van der Waals surface area contributed by atoms with Gasteiger partial charge in [-0.3, -0.25) is 14.4 Å². The summed E-state index contributed by atoms with van der Waals surface area (Å²) in [5, 5.41) is 18.0. The Morgan fingerprint density at radius 2 is 1.53 bits per heavy atom. The maximum absolute atomic E-state index is 12.4. The number of carbonyl (C=O) groups is 3. The molecule has 0 radical (unpaired) electrons. The van der Waals surface area contributed by atoms with Crippen LogP contribution in [-0.4, -0.2) is 40.3 Å². The van der Waals surface area contributed by atoms with Crippen molar-refractivity contribution in [2.24, 2.45) is 52.1 Å². The highest BCUT2D eigenvalue weighted by Gasteiger charge is 2.60. The van der Waals surface area contributed by atoms with Crippen LogP contribution in [0.4, 0.5) is 0 Å². The number of aliphatic carboxylic acids is 2. The maximum atomic E-state index is 12.4. The van der Waals surface area contributed by atoms with Crippen LogP contribution in [-0.2, 0) is 19.1 Å². The van der Waals surface area contributed by atoms with E-state index in [-0.39, 0.29) is 30.8 Å². The Morgan fingerprint density at radius 1 is 0.889 bits per heavy atom. The van der Waals surface area contributed by atoms with Crippen molar-refractivity contribution in [2.45, 2.75) is 116 Å². The topological polar surface area (TPSA) is 127 Å². The predicted molar refractivity (Wildman–Crippen MR) is 136 cm³/mol. The van der Waals surface area contributed by atoms with Crippen LogP contribution in [0, 0.1) is 46.3 Å². The normalized spacial score (nSPS) is 41.3. The van der Waals surface area contributed by atoms with Gasteiger partial charge < -0.3 is 20.7 Å². The zero-order chi connectivity index (χ0) is 26.3. The summed E-state index contributed by atoms with van der Waals surface area (Å²) in [6.45, 7) is 7.29. The second kappa shape index (κ2) is 10.6. The van der Waals surface area contributed by atoms with Crippen molar-refractivity contribution in [3.05, 3.63) is 0 Å². The van der Waals surface area contributed by atoms with Gasteiger partial charge in [-0.15, -0.1) is 0 Å². The van der Waals surface area contributed by atoms with Gasteiger partial charge in [-0.05, 0) is 117 Å². The number of fused-ring (bicyclic) bond motifs is 5. The second-order valence-electron chi connectivity index (χ2n) is 13.2. The summed E-state index contributed by atoms with van der Waals surface area (Å²) in [5.74, 6) is 1.78. The minimum absolute atomic E-state index is 0.109. The van der Waals surface area contributed by atoms with Gasteiger partial charge in [0, 0.05) is 12.8 Å². The fourth-order valence-corrected chi connectivity index (χ4v) is 9.50. The van der Waals surface area contributed by atoms with E-state index in [0.29, 0.717) is 23.2 Å². The van der Waals surface area contributed by atoms with Crippen molar-refractivity contribution in [3.8, 4) is 0 Å². The van der Waals surface area contributed by atoms with Gasteiger partial charge >= 0.3 is 17.9 Å². The predicted octanol–water partition coefficient (Wildman–Crippen LogP) is 5.25. The molecule has 7 nitrogen and oxygen atoms in total. The van der Waals surface area contributed by atoms with E-state index in [1.54, 1.807) is 0 Å². The molecule has 4 saturated carbocycles. The number of carboxylic acid groups (broad SMARTS) is 2. The van der Waals surface area contributed by atoms with E-state index in [4.69, 9.17) is 15.6 Å². The quantitative estimate of drug-likeness (QED) is 0.365. The molecule has 0 aliphatic heterocycles. The molecule has 0 aromatic carbocycles. The van der Waals surface area contributed by atoms with Crippen LogP contribution >= 0.6 is 0 Å². The van der Waals surface area contributed by atoms with Crippen molar-refractivity contribution in [1.29, 1.82) is 0 Å². The van der Waals surface area contributed by atoms with Gasteiger partial charge in [0.2, 0.25) is 0 Å². The molecule has 36 heavy (non-hydrogen) atoms. The monoisotopic (exact) mass is 505 g/mol. The molecule has 10 atom stereocenters. The molecule has 0 aromatic heterocycles. The lowest BCUT2D eigenvalue weighted by molar-refractivity contribution is -0.164. The van der Waals surface area contributed by atoms with Gasteiger partial charge in [0.25, 0.3) is 0 Å². The molecule has 4 N–H and O–H groups in total. The summed E-state index contributed by atoms with van der Waals surface area (Å²) in [7, 11) is 0. The molecule has 4 rings (SSSR count). The van der Waals surface area contributed by atoms with E-state index >= 15 is 0 Å². The standard InChI is InChI=1S/C29H47NO6/c1-17(4-10-25(31)32)21-7-8-22-20-6-5-18-16-19(36-27(35)24(30)9-11-26(33)34)12-14-28(18,2)23(20)13-15-29(21,22)3/h17-24H,4-16,30H2,1-3H3,(H,31,32)(H,33,34)/t17-,18-,19+,20+,21?,22+,23+,24+,28+,29-/m1/s1. The van der Waals surface area contributed by atoms with Crippen LogP contribution in [0.3, 0.4) is 0 Å². The molecule has 204 valence electrons. The Balaban J connectivity index is 1.37. The summed E-state index contributed by atoms with van der Waals surface area (Å²) in [6, 6.07) is -0.866. The summed E-state index contributed by atoms with van der Waals surface area (Å²) in [5.41, 5.74) is 6.51. The van der Waals surface area contributed by atoms with Gasteiger partial charge in [0.1, 0.15) is 12.1 Å². The summed E-state index contributed by atoms with van der Waals surface area (Å²) in [6.07, 6.45) is 11.3. The van der Waals surface area contributed by atoms with E-state index < -0.39 is 23.9 Å². The van der Waals surface area contributed by atoms with E-state index in [1.165, 1.54) is 38.5 Å². The minimum Gasteiger partial charge on any atom is -0.481 e. The van der Waals surface area contributed by atoms with Crippen molar-refractivity contribution < 1.29 is 29.3 Å². The number of hydrogen-bond donors (Lipinski definition) is 3. The molecule has 0 heterocycles. The van der Waals surface area contributed by atoms with Gasteiger partial charge in [-0.25, -0.2) is 0 Å². The highest BCUT2D eigenvalue weighted by molar-refractivity contribution is 5.76. The number of hydrogen-bond acceptors (Lipinski definition) is 5. The molecular formula is C29H47NO6. The molecule has 4 aliphatic rings. The maximum Gasteiger partial charge on any atom is 0.323 e. The van der Waals surface area contributed by atoms with E-state index in [1.807, 2.05) is 0 Å². The molecule has 0 saturated heterocycles. The lowest BCUT2D eigenvalue weighted by atomic mass is 9.44. The first-order chi connectivity index (χ1) is 17.0. The van der Waals surface area contributed by atoms with Gasteiger partial charge in [-0.1, -0.05) is 20.8 Å². The molecule has 0 bridgehead atoms. The van der Waals surface area contributed by atoms with Gasteiger partial charge in [-0.2, -0.15) is 0 Å². The molecule has 4 fully saturated rings. The largest absolute Gasteiger partial charge is 0.481 e. The lowest BCUT2D eigenvalue weighted by Crippen LogP contribution is -2.54. The van der Waals surface area contributed by atoms with Gasteiger partial charge in [0.05, 0.1) is 0 Å². The summed E-state index contributed by atoms with van der Waals surface area (Å²) >= 11 is 0. The molecule has 1 unspecified atom stereocenters. The second-order valence-corrected chi connectivity index (χ2v) is 13.2. The van der Waals surface area contributed by atoms with E-state index in [0.717, 1.165) is 43.4 Å². The third kappa shape index (κ3) is 5.19. The van der Waals surface area contributed by atoms with Crippen LogP contribution < -0.4 is 5.73 Å². The third-order valence-electron chi connectivity index (χ3n) is 11.4. The zero-order valence-electron chi connectivity index (χ0n) is 22.4. The number of ether oxygens (including phenoxy) is 1. The van der Waals surface area contributed by atoms with Crippen LogP contribution in [0.1, 0.15) is 104 Å². The number of carboxylic acids is 2. The summed E-state index contributed by atoms with van der Waals surface area (Å²) in [4.78, 5) is 34.4. The van der Waals surface area contributed by atoms with Gasteiger partial charge in [0.15, 0.2) is 0 Å². The molecular weight excluding hydrogens is 458 g/mol. The first-order valence-corrected chi connectivity index (χ1v) is 14.4. The molecule has 0 spiro atoms. The van der Waals surface area contributed by atoms with Crippen LogP contribution in [0.5, 0.6) is 0 Å². The Bertz CT molecular complexity index is 846. The summed E-state index contributed by atoms with van der Waals surface area (Å²) < 4.78 is 5.78. The van der Waals surface area contributed by atoms with Crippen molar-refractivity contribution in [1.82, 2.24) is 0 Å². The van der Waals surface area contributed by atoms with Crippen LogP contribution in [0.25, 0.3) is 0 Å². The SMILES string of the molecule is C[C@H](CCC(=O)O)C1CC[C@H]2[C@@H]3CC[C@@H]4C[C@@H](OC(=O)[C@@H](N)CCC(=O)O)CC[C@]4(C)[C@H]3CC[C@]12C. The number of esters is 1. The average Bonchev–Trinajstić information content (AvgIpc) is 3.18. The number of rotatable bonds is 9. The first-order valence-electron chi connectivity index (χ1n) is 14.4. The molecule has 7 heteroatoms. The third-order valence-corrected chi connectivity index (χ3v) is 11.4. The zero-order valence-corrected chi connectivity index (χ0v) is 22.4. The fraction of sp³-hybridized carbons (Fsp3) is 0.897. The number of carbonyl (C=O) groups excluding carboxylic acids is 1. The van der Waals surface area contributed by atoms with Crippen molar-refractivity contribution in [2.75, 3.05) is 0 Å². The molecule has 0 aromatic rings.